The monoisotopic (exact) mass is 347 g/mol. The average molecular weight is 347 g/mol. The summed E-state index contributed by atoms with van der Waals surface area (Å²) >= 11 is 0. The first-order chi connectivity index (χ1) is 11.6. The van der Waals surface area contributed by atoms with E-state index in [1.54, 1.807) is 48.5 Å². The van der Waals surface area contributed by atoms with Crippen molar-refractivity contribution in [2.75, 3.05) is 17.9 Å². The lowest BCUT2D eigenvalue weighted by Gasteiger charge is -2.23. The normalized spacial score (nSPS) is 18.1. The van der Waals surface area contributed by atoms with Gasteiger partial charge in [-0.05, 0) is 43.5 Å². The van der Waals surface area contributed by atoms with Gasteiger partial charge in [-0.2, -0.15) is 0 Å². The maximum atomic E-state index is 12.5. The molecule has 0 aliphatic carbocycles. The molecular weight excluding hydrogens is 326 g/mol. The van der Waals surface area contributed by atoms with Crippen LogP contribution in [-0.4, -0.2) is 27.7 Å². The van der Waals surface area contributed by atoms with Gasteiger partial charge in [-0.25, -0.2) is 8.42 Å². The van der Waals surface area contributed by atoms with E-state index in [4.69, 9.17) is 9.47 Å². The summed E-state index contributed by atoms with van der Waals surface area (Å²) in [6.45, 7) is 1.18. The van der Waals surface area contributed by atoms with E-state index in [1.807, 2.05) is 6.07 Å². The molecule has 6 heteroatoms. The Morgan fingerprint density at radius 3 is 2.54 bits per heavy atom. The minimum atomic E-state index is -3.64. The van der Waals surface area contributed by atoms with Crippen LogP contribution in [0, 0.1) is 0 Å². The molecule has 0 spiro atoms. The molecule has 24 heavy (non-hydrogen) atoms. The number of hydrogen-bond acceptors (Lipinski definition) is 4. The quantitative estimate of drug-likeness (QED) is 0.869. The number of benzene rings is 2. The van der Waals surface area contributed by atoms with Crippen LogP contribution in [0.2, 0.25) is 0 Å². The predicted octanol–water partition coefficient (Wildman–Crippen LogP) is 3.44. The molecule has 0 aromatic heterocycles. The second-order valence-electron chi connectivity index (χ2n) is 5.71. The summed E-state index contributed by atoms with van der Waals surface area (Å²) in [5.41, 5.74) is 0.428. The zero-order chi connectivity index (χ0) is 16.8. The zero-order valence-corrected chi connectivity index (χ0v) is 14.2. The van der Waals surface area contributed by atoms with E-state index in [9.17, 15) is 8.42 Å². The highest BCUT2D eigenvalue weighted by Crippen LogP contribution is 2.27. The van der Waals surface area contributed by atoms with Gasteiger partial charge >= 0.3 is 0 Å². The molecular formula is C18H21NO4S. The Kier molecular flexibility index (Phi) is 5.37. The van der Waals surface area contributed by atoms with E-state index in [0.29, 0.717) is 18.0 Å². The average Bonchev–Trinajstić information content (AvgIpc) is 2.62. The Morgan fingerprint density at radius 1 is 1.04 bits per heavy atom. The van der Waals surface area contributed by atoms with Crippen LogP contribution in [0.15, 0.2) is 59.5 Å². The predicted molar refractivity (Wildman–Crippen MR) is 92.8 cm³/mol. The topological polar surface area (TPSA) is 64.6 Å². The van der Waals surface area contributed by atoms with Crippen molar-refractivity contribution in [1.82, 2.24) is 0 Å². The van der Waals surface area contributed by atoms with Gasteiger partial charge in [0.2, 0.25) is 0 Å². The van der Waals surface area contributed by atoms with E-state index in [1.165, 1.54) is 0 Å². The second kappa shape index (κ2) is 7.68. The number of sulfonamides is 1. The molecule has 2 aromatic carbocycles. The molecule has 1 atom stereocenters. The summed E-state index contributed by atoms with van der Waals surface area (Å²) in [6.07, 6.45) is 3.26. The van der Waals surface area contributed by atoms with Crippen molar-refractivity contribution in [2.24, 2.45) is 0 Å². The van der Waals surface area contributed by atoms with Crippen LogP contribution in [0.5, 0.6) is 5.75 Å². The van der Waals surface area contributed by atoms with E-state index in [-0.39, 0.29) is 11.0 Å². The molecule has 1 aliphatic heterocycles. The number of ether oxygens (including phenoxy) is 2. The molecule has 1 fully saturated rings. The summed E-state index contributed by atoms with van der Waals surface area (Å²) in [5, 5.41) is 0. The first-order valence-corrected chi connectivity index (χ1v) is 9.55. The molecule has 0 bridgehead atoms. The highest BCUT2D eigenvalue weighted by Gasteiger charge is 2.18. The molecule has 1 aliphatic rings. The Balaban J connectivity index is 1.72. The largest absolute Gasteiger partial charge is 0.489 e. The summed E-state index contributed by atoms with van der Waals surface area (Å²) in [7, 11) is -3.64. The Morgan fingerprint density at radius 2 is 1.79 bits per heavy atom. The summed E-state index contributed by atoms with van der Waals surface area (Å²) in [5.74, 6) is 0.506. The Hall–Kier alpha value is -2.05. The second-order valence-corrected chi connectivity index (χ2v) is 7.40. The van der Waals surface area contributed by atoms with E-state index in [0.717, 1.165) is 25.9 Å². The third-order valence-corrected chi connectivity index (χ3v) is 5.27. The lowest BCUT2D eigenvalue weighted by Crippen LogP contribution is -2.26. The SMILES string of the molecule is O=S(=O)(Nc1ccccc1OC[C@H]1CCCCO1)c1ccccc1. The third-order valence-electron chi connectivity index (χ3n) is 3.88. The van der Waals surface area contributed by atoms with Crippen LogP contribution < -0.4 is 9.46 Å². The molecule has 1 saturated heterocycles. The van der Waals surface area contributed by atoms with Crippen LogP contribution in [0.25, 0.3) is 0 Å². The number of anilines is 1. The number of nitrogens with one attached hydrogen (secondary N) is 1. The van der Waals surface area contributed by atoms with E-state index >= 15 is 0 Å². The minimum absolute atomic E-state index is 0.0672. The van der Waals surface area contributed by atoms with Gasteiger partial charge in [0, 0.05) is 6.61 Å². The maximum absolute atomic E-state index is 12.5. The molecule has 0 radical (unpaired) electrons. The lowest BCUT2D eigenvalue weighted by molar-refractivity contribution is -0.0109. The van der Waals surface area contributed by atoms with Crippen molar-refractivity contribution in [3.05, 3.63) is 54.6 Å². The first-order valence-electron chi connectivity index (χ1n) is 8.06. The van der Waals surface area contributed by atoms with Crippen LogP contribution in [0.1, 0.15) is 19.3 Å². The maximum Gasteiger partial charge on any atom is 0.262 e. The molecule has 1 heterocycles. The van der Waals surface area contributed by atoms with Crippen molar-refractivity contribution in [2.45, 2.75) is 30.3 Å². The molecule has 1 N–H and O–H groups in total. The Labute approximate surface area is 142 Å². The number of hydrogen-bond donors (Lipinski definition) is 1. The van der Waals surface area contributed by atoms with Gasteiger partial charge in [0.1, 0.15) is 12.4 Å². The van der Waals surface area contributed by atoms with Crippen LogP contribution in [0.3, 0.4) is 0 Å². The fourth-order valence-electron chi connectivity index (χ4n) is 2.60. The molecule has 0 saturated carbocycles. The van der Waals surface area contributed by atoms with Crippen molar-refractivity contribution in [1.29, 1.82) is 0 Å². The van der Waals surface area contributed by atoms with Gasteiger partial charge in [-0.3, -0.25) is 4.72 Å². The lowest BCUT2D eigenvalue weighted by atomic mass is 10.1. The summed E-state index contributed by atoms with van der Waals surface area (Å²) < 4.78 is 39.0. The number of rotatable bonds is 6. The third kappa shape index (κ3) is 4.27. The highest BCUT2D eigenvalue weighted by atomic mass is 32.2. The molecule has 2 aromatic rings. The Bertz CT molecular complexity index is 756. The molecule has 3 rings (SSSR count). The van der Waals surface area contributed by atoms with E-state index < -0.39 is 10.0 Å². The molecule has 0 unspecified atom stereocenters. The van der Waals surface area contributed by atoms with Gasteiger partial charge < -0.3 is 9.47 Å². The van der Waals surface area contributed by atoms with Crippen LogP contribution in [-0.2, 0) is 14.8 Å². The van der Waals surface area contributed by atoms with Gasteiger partial charge in [0.15, 0.2) is 0 Å². The smallest absolute Gasteiger partial charge is 0.262 e. The fourth-order valence-corrected chi connectivity index (χ4v) is 3.69. The van der Waals surface area contributed by atoms with E-state index in [2.05, 4.69) is 4.72 Å². The highest BCUT2D eigenvalue weighted by molar-refractivity contribution is 7.92. The summed E-state index contributed by atoms with van der Waals surface area (Å²) in [4.78, 5) is 0.218. The standard InChI is InChI=1S/C18H21NO4S/c20-24(21,16-9-2-1-3-10-16)19-17-11-4-5-12-18(17)23-14-15-8-6-7-13-22-15/h1-5,9-12,15,19H,6-8,13-14H2/t15-/m1/s1. The fraction of sp³-hybridized carbons (Fsp3) is 0.333. The summed E-state index contributed by atoms with van der Waals surface area (Å²) in [6, 6.07) is 15.3. The van der Waals surface area contributed by atoms with Gasteiger partial charge in [0.25, 0.3) is 10.0 Å². The van der Waals surface area contributed by atoms with Gasteiger partial charge in [0.05, 0.1) is 16.7 Å². The van der Waals surface area contributed by atoms with Crippen molar-refractivity contribution < 1.29 is 17.9 Å². The number of para-hydroxylation sites is 2. The van der Waals surface area contributed by atoms with Crippen molar-refractivity contribution in [3.63, 3.8) is 0 Å². The zero-order valence-electron chi connectivity index (χ0n) is 13.4. The minimum Gasteiger partial charge on any atom is -0.489 e. The van der Waals surface area contributed by atoms with Crippen molar-refractivity contribution >= 4 is 15.7 Å². The van der Waals surface area contributed by atoms with Crippen molar-refractivity contribution in [3.8, 4) is 5.75 Å². The molecule has 128 valence electrons. The van der Waals surface area contributed by atoms with Crippen LogP contribution in [0.4, 0.5) is 5.69 Å². The molecule has 0 amide bonds. The first kappa shape index (κ1) is 16.8. The van der Waals surface area contributed by atoms with Crippen LogP contribution >= 0.6 is 0 Å². The van der Waals surface area contributed by atoms with Gasteiger partial charge in [-0.1, -0.05) is 30.3 Å². The van der Waals surface area contributed by atoms with Gasteiger partial charge in [-0.15, -0.1) is 0 Å². The molecule has 5 nitrogen and oxygen atoms in total.